The van der Waals surface area contributed by atoms with E-state index in [0.29, 0.717) is 28.4 Å². The summed E-state index contributed by atoms with van der Waals surface area (Å²) in [6.45, 7) is 2.49. The molecule has 0 spiro atoms. The molecular formula is C29H33N5OS. The lowest BCUT2D eigenvalue weighted by atomic mass is 9.98. The summed E-state index contributed by atoms with van der Waals surface area (Å²) in [6.07, 6.45) is 12.9. The molecule has 3 aromatic rings. The van der Waals surface area contributed by atoms with E-state index < -0.39 is 10.8 Å². The number of aromatic nitrogens is 2. The van der Waals surface area contributed by atoms with E-state index in [-0.39, 0.29) is 0 Å². The highest BCUT2D eigenvalue weighted by molar-refractivity contribution is 7.86. The first-order valence-electron chi connectivity index (χ1n) is 13.1. The highest BCUT2D eigenvalue weighted by Crippen LogP contribution is 2.32. The Morgan fingerprint density at radius 2 is 1.64 bits per heavy atom. The van der Waals surface area contributed by atoms with Gasteiger partial charge in [-0.3, -0.25) is 14.6 Å². The average Bonchev–Trinajstić information content (AvgIpc) is 3.67. The molecule has 2 aliphatic carbocycles. The van der Waals surface area contributed by atoms with Gasteiger partial charge in [-0.25, -0.2) is 4.98 Å². The van der Waals surface area contributed by atoms with Gasteiger partial charge in [0.2, 0.25) is 0 Å². The van der Waals surface area contributed by atoms with Crippen molar-refractivity contribution in [3.8, 4) is 11.1 Å². The smallest absolute Gasteiger partial charge is 0.132 e. The molecule has 1 aliphatic heterocycles. The maximum absolute atomic E-state index is 12.4. The second kappa shape index (κ2) is 9.87. The lowest BCUT2D eigenvalue weighted by Crippen LogP contribution is -2.32. The third-order valence-corrected chi connectivity index (χ3v) is 9.72. The molecule has 0 bridgehead atoms. The van der Waals surface area contributed by atoms with Gasteiger partial charge in [0.1, 0.15) is 5.82 Å². The lowest BCUT2D eigenvalue weighted by Gasteiger charge is -2.25. The van der Waals surface area contributed by atoms with Crippen molar-refractivity contribution in [2.24, 2.45) is 0 Å². The Morgan fingerprint density at radius 3 is 2.39 bits per heavy atom. The number of pyridine rings is 2. The summed E-state index contributed by atoms with van der Waals surface area (Å²) in [5, 5.41) is 9.11. The minimum absolute atomic E-state index is 0.299. The number of anilines is 1. The molecular weight excluding hydrogens is 466 g/mol. The van der Waals surface area contributed by atoms with Crippen LogP contribution < -0.4 is 5.73 Å². The molecule has 186 valence electrons. The Balaban J connectivity index is 1.23. The molecule has 3 N–H and O–H groups in total. The summed E-state index contributed by atoms with van der Waals surface area (Å²) in [6, 6.07) is 12.4. The van der Waals surface area contributed by atoms with Gasteiger partial charge in [0.15, 0.2) is 0 Å². The number of fused-ring (bicyclic) bond motifs is 1. The SMILES string of the molecule is N=C(c1ccc(S(=O)C2CC2)cc1)c1cc(-c2cnc3c(c2)CCC(N2CCCC2)CC3)cnc1N. The van der Waals surface area contributed by atoms with Gasteiger partial charge in [-0.1, -0.05) is 12.1 Å². The highest BCUT2D eigenvalue weighted by Gasteiger charge is 2.29. The Kier molecular flexibility index (Phi) is 6.44. The van der Waals surface area contributed by atoms with Crippen molar-refractivity contribution < 1.29 is 4.21 Å². The molecule has 7 heteroatoms. The molecule has 2 aromatic heterocycles. The van der Waals surface area contributed by atoms with E-state index in [4.69, 9.17) is 16.1 Å². The van der Waals surface area contributed by atoms with E-state index in [2.05, 4.69) is 16.0 Å². The maximum atomic E-state index is 12.4. The van der Waals surface area contributed by atoms with Crippen molar-refractivity contribution in [1.29, 1.82) is 5.41 Å². The molecule has 3 heterocycles. The molecule has 1 aromatic carbocycles. The zero-order chi connectivity index (χ0) is 24.6. The first-order chi connectivity index (χ1) is 17.6. The fraction of sp³-hybridized carbons (Fsp3) is 0.414. The number of nitrogen functional groups attached to an aromatic ring is 1. The van der Waals surface area contributed by atoms with Crippen LogP contribution in [0.4, 0.5) is 5.82 Å². The molecule has 0 radical (unpaired) electrons. The van der Waals surface area contributed by atoms with Gasteiger partial charge in [-0.05, 0) is 94.3 Å². The van der Waals surface area contributed by atoms with Crippen molar-refractivity contribution in [2.75, 3.05) is 18.8 Å². The summed E-state index contributed by atoms with van der Waals surface area (Å²) in [7, 11) is -0.946. The van der Waals surface area contributed by atoms with Crippen LogP contribution in [0.3, 0.4) is 0 Å². The predicted octanol–water partition coefficient (Wildman–Crippen LogP) is 4.76. The number of likely N-dealkylation sites (tertiary alicyclic amines) is 1. The molecule has 2 atom stereocenters. The van der Waals surface area contributed by atoms with Crippen molar-refractivity contribution in [3.63, 3.8) is 0 Å². The molecule has 3 aliphatic rings. The third kappa shape index (κ3) is 4.74. The summed E-state index contributed by atoms with van der Waals surface area (Å²) in [5.41, 5.74) is 12.4. The largest absolute Gasteiger partial charge is 0.383 e. The Hall–Kier alpha value is -2.90. The molecule has 36 heavy (non-hydrogen) atoms. The maximum Gasteiger partial charge on any atom is 0.132 e. The molecule has 2 fully saturated rings. The Bertz CT molecular complexity index is 1310. The van der Waals surface area contributed by atoms with Gasteiger partial charge in [0.05, 0.1) is 16.5 Å². The number of hydrogen-bond donors (Lipinski definition) is 2. The molecule has 1 saturated carbocycles. The molecule has 0 amide bonds. The van der Waals surface area contributed by atoms with Gasteiger partial charge in [0, 0.05) is 56.5 Å². The van der Waals surface area contributed by atoms with Crippen LogP contribution in [-0.2, 0) is 23.6 Å². The summed E-state index contributed by atoms with van der Waals surface area (Å²) in [5.74, 6) is 0.338. The first kappa shape index (κ1) is 23.5. The van der Waals surface area contributed by atoms with Gasteiger partial charge >= 0.3 is 0 Å². The molecule has 2 unspecified atom stereocenters. The zero-order valence-electron chi connectivity index (χ0n) is 20.6. The van der Waals surface area contributed by atoms with Crippen LogP contribution in [0.5, 0.6) is 0 Å². The van der Waals surface area contributed by atoms with Gasteiger partial charge in [-0.15, -0.1) is 0 Å². The first-order valence-corrected chi connectivity index (χ1v) is 14.4. The van der Waals surface area contributed by atoms with Gasteiger partial charge < -0.3 is 10.6 Å². The zero-order valence-corrected chi connectivity index (χ0v) is 21.4. The van der Waals surface area contributed by atoms with Crippen LogP contribution in [0.2, 0.25) is 0 Å². The second-order valence-electron chi connectivity index (χ2n) is 10.4. The third-order valence-electron chi connectivity index (χ3n) is 7.90. The van der Waals surface area contributed by atoms with Gasteiger partial charge in [-0.2, -0.15) is 0 Å². The average molecular weight is 500 g/mol. The fourth-order valence-electron chi connectivity index (χ4n) is 5.60. The van der Waals surface area contributed by atoms with Crippen LogP contribution in [0.25, 0.3) is 11.1 Å². The van der Waals surface area contributed by atoms with E-state index in [1.54, 1.807) is 6.20 Å². The molecule has 6 nitrogen and oxygen atoms in total. The Labute approximate surface area is 215 Å². The van der Waals surface area contributed by atoms with Crippen molar-refractivity contribution >= 4 is 22.3 Å². The number of nitrogens with one attached hydrogen (secondary N) is 1. The number of benzene rings is 1. The lowest BCUT2D eigenvalue weighted by molar-refractivity contribution is 0.222. The second-order valence-corrected chi connectivity index (χ2v) is 12.1. The van der Waals surface area contributed by atoms with Crippen LogP contribution in [-0.4, -0.2) is 49.2 Å². The predicted molar refractivity (Wildman–Crippen MR) is 145 cm³/mol. The van der Waals surface area contributed by atoms with E-state index in [1.165, 1.54) is 50.0 Å². The summed E-state index contributed by atoms with van der Waals surface area (Å²) in [4.78, 5) is 12.8. The van der Waals surface area contributed by atoms with Crippen LogP contribution in [0.15, 0.2) is 53.7 Å². The summed E-state index contributed by atoms with van der Waals surface area (Å²) >= 11 is 0. The number of nitrogens with zero attached hydrogens (tertiary/aromatic N) is 3. The van der Waals surface area contributed by atoms with E-state index in [9.17, 15) is 4.21 Å². The fourth-order valence-corrected chi connectivity index (χ4v) is 6.95. The van der Waals surface area contributed by atoms with Crippen LogP contribution in [0.1, 0.15) is 60.9 Å². The highest BCUT2D eigenvalue weighted by atomic mass is 32.2. The van der Waals surface area contributed by atoms with Crippen LogP contribution >= 0.6 is 0 Å². The van der Waals surface area contributed by atoms with E-state index >= 15 is 0 Å². The Morgan fingerprint density at radius 1 is 0.944 bits per heavy atom. The van der Waals surface area contributed by atoms with Crippen molar-refractivity contribution in [3.05, 3.63) is 71.2 Å². The minimum atomic E-state index is -0.946. The topological polar surface area (TPSA) is 96.0 Å². The number of hydrogen-bond acceptors (Lipinski definition) is 6. The van der Waals surface area contributed by atoms with Crippen molar-refractivity contribution in [1.82, 2.24) is 14.9 Å². The number of nitrogens with two attached hydrogens (primary N) is 1. The summed E-state index contributed by atoms with van der Waals surface area (Å²) < 4.78 is 12.4. The van der Waals surface area contributed by atoms with E-state index in [1.807, 2.05) is 36.5 Å². The normalized spacial score (nSPS) is 21.1. The van der Waals surface area contributed by atoms with E-state index in [0.717, 1.165) is 47.3 Å². The molecule has 1 saturated heterocycles. The minimum Gasteiger partial charge on any atom is -0.383 e. The standard InChI is InChI=1S/C29H33N5OS/c30-28(19-4-8-24(9-5-19)36(35)25-10-11-25)26-16-22(18-33-29(26)31)21-15-20-3-6-23(34-13-1-2-14-34)7-12-27(20)32-17-21/h4-5,8-9,15-18,23,25,30H,1-3,6-7,10-14H2,(H2,31,33). The number of aryl methyl sites for hydroxylation is 2. The van der Waals surface area contributed by atoms with Crippen molar-refractivity contribution in [2.45, 2.75) is 67.6 Å². The van der Waals surface area contributed by atoms with Crippen LogP contribution in [0, 0.1) is 5.41 Å². The monoisotopic (exact) mass is 499 g/mol. The quantitative estimate of drug-likeness (QED) is 0.377. The molecule has 6 rings (SSSR count). The number of rotatable bonds is 6. The van der Waals surface area contributed by atoms with Gasteiger partial charge in [0.25, 0.3) is 0 Å².